The number of hydrogen-bond acceptors (Lipinski definition) is 5. The Labute approximate surface area is 104 Å². The predicted molar refractivity (Wildman–Crippen MR) is 67.2 cm³/mol. The SMILES string of the molecule is CC(O)C(=O)O.CN(C)CCOCCN(C)C. The van der Waals surface area contributed by atoms with E-state index in [1.165, 1.54) is 6.92 Å². The molecule has 0 radical (unpaired) electrons. The van der Waals surface area contributed by atoms with Crippen LogP contribution in [-0.2, 0) is 9.53 Å². The van der Waals surface area contributed by atoms with Gasteiger partial charge in [-0.2, -0.15) is 0 Å². The number of aliphatic hydroxyl groups excluding tert-OH is 1. The van der Waals surface area contributed by atoms with Crippen LogP contribution in [0.5, 0.6) is 0 Å². The standard InChI is InChI=1S/C8H20N2O.C3H6O3/c1-9(2)5-7-11-8-6-10(3)4;1-2(4)3(5)6/h5-8H2,1-4H3;2,4H,1H3,(H,5,6). The van der Waals surface area contributed by atoms with Gasteiger partial charge in [0, 0.05) is 13.1 Å². The summed E-state index contributed by atoms with van der Waals surface area (Å²) in [5.74, 6) is -1.19. The Hall–Kier alpha value is -0.690. The summed E-state index contributed by atoms with van der Waals surface area (Å²) >= 11 is 0. The second-order valence-electron chi connectivity index (χ2n) is 4.23. The molecule has 0 heterocycles. The minimum Gasteiger partial charge on any atom is -0.479 e. The van der Waals surface area contributed by atoms with Gasteiger partial charge < -0.3 is 24.7 Å². The maximum absolute atomic E-state index is 9.45. The van der Waals surface area contributed by atoms with E-state index in [1.54, 1.807) is 0 Å². The zero-order valence-electron chi connectivity index (χ0n) is 11.5. The third kappa shape index (κ3) is 21.2. The number of hydrogen-bond donors (Lipinski definition) is 2. The van der Waals surface area contributed by atoms with Gasteiger partial charge in [-0.15, -0.1) is 0 Å². The Morgan fingerprint density at radius 3 is 1.59 bits per heavy atom. The van der Waals surface area contributed by atoms with Crippen molar-refractivity contribution in [1.29, 1.82) is 0 Å². The molecule has 6 nitrogen and oxygen atoms in total. The van der Waals surface area contributed by atoms with Crippen molar-refractivity contribution in [3.63, 3.8) is 0 Å². The van der Waals surface area contributed by atoms with Gasteiger partial charge in [0.05, 0.1) is 13.2 Å². The van der Waals surface area contributed by atoms with Crippen molar-refractivity contribution in [3.8, 4) is 0 Å². The molecule has 0 aliphatic carbocycles. The molecule has 0 rings (SSSR count). The predicted octanol–water partition coefficient (Wildman–Crippen LogP) is -0.422. The Balaban J connectivity index is 0. The highest BCUT2D eigenvalue weighted by molar-refractivity contribution is 5.71. The topological polar surface area (TPSA) is 73.2 Å². The summed E-state index contributed by atoms with van der Waals surface area (Å²) in [6.07, 6.45) is -1.23. The Kier molecular flexibility index (Phi) is 12.9. The number of aliphatic carboxylic acids is 1. The first kappa shape index (κ1) is 18.7. The Morgan fingerprint density at radius 2 is 1.41 bits per heavy atom. The van der Waals surface area contributed by atoms with Gasteiger partial charge in [0.25, 0.3) is 0 Å². The van der Waals surface area contributed by atoms with Crippen LogP contribution in [0.1, 0.15) is 6.92 Å². The second kappa shape index (κ2) is 11.8. The van der Waals surface area contributed by atoms with Gasteiger partial charge in [0.15, 0.2) is 0 Å². The van der Waals surface area contributed by atoms with E-state index < -0.39 is 12.1 Å². The van der Waals surface area contributed by atoms with Gasteiger partial charge in [-0.3, -0.25) is 0 Å². The molecule has 0 amide bonds. The fraction of sp³-hybridized carbons (Fsp3) is 0.909. The van der Waals surface area contributed by atoms with Crippen molar-refractivity contribution < 1.29 is 19.7 Å². The number of carbonyl (C=O) groups is 1. The largest absolute Gasteiger partial charge is 0.479 e. The first-order chi connectivity index (χ1) is 7.77. The summed E-state index contributed by atoms with van der Waals surface area (Å²) in [6.45, 7) is 4.88. The van der Waals surface area contributed by atoms with E-state index >= 15 is 0 Å². The smallest absolute Gasteiger partial charge is 0.332 e. The van der Waals surface area contributed by atoms with Gasteiger partial charge in [-0.25, -0.2) is 4.79 Å². The third-order valence-corrected chi connectivity index (χ3v) is 1.72. The number of nitrogens with zero attached hydrogens (tertiary/aromatic N) is 2. The Bertz CT molecular complexity index is 174. The molecule has 2 N–H and O–H groups in total. The summed E-state index contributed by atoms with van der Waals surface area (Å²) in [4.78, 5) is 13.7. The molecular formula is C11H26N2O4. The highest BCUT2D eigenvalue weighted by Gasteiger charge is 2.01. The van der Waals surface area contributed by atoms with E-state index in [0.29, 0.717) is 0 Å². The van der Waals surface area contributed by atoms with Crippen LogP contribution in [0.25, 0.3) is 0 Å². The van der Waals surface area contributed by atoms with Crippen LogP contribution in [0.4, 0.5) is 0 Å². The molecule has 0 aliphatic rings. The lowest BCUT2D eigenvalue weighted by molar-refractivity contribution is -0.145. The van der Waals surface area contributed by atoms with Crippen molar-refractivity contribution in [2.75, 3.05) is 54.5 Å². The fourth-order valence-electron chi connectivity index (χ4n) is 0.596. The van der Waals surface area contributed by atoms with E-state index in [0.717, 1.165) is 26.3 Å². The van der Waals surface area contributed by atoms with Gasteiger partial charge >= 0.3 is 5.97 Å². The monoisotopic (exact) mass is 250 g/mol. The molecule has 0 aromatic heterocycles. The molecule has 1 atom stereocenters. The van der Waals surface area contributed by atoms with Gasteiger partial charge in [0.2, 0.25) is 0 Å². The van der Waals surface area contributed by atoms with Crippen molar-refractivity contribution in [1.82, 2.24) is 9.80 Å². The quantitative estimate of drug-likeness (QED) is 0.598. The number of aliphatic hydroxyl groups is 1. The molecule has 0 aromatic rings. The highest BCUT2D eigenvalue weighted by Crippen LogP contribution is 1.80. The lowest BCUT2D eigenvalue weighted by atomic mass is 10.4. The van der Waals surface area contributed by atoms with Crippen molar-refractivity contribution in [2.45, 2.75) is 13.0 Å². The van der Waals surface area contributed by atoms with Crippen molar-refractivity contribution >= 4 is 5.97 Å². The average Bonchev–Trinajstić information content (AvgIpc) is 2.17. The summed E-state index contributed by atoms with van der Waals surface area (Å²) in [7, 11) is 8.20. The molecule has 104 valence electrons. The summed E-state index contributed by atoms with van der Waals surface area (Å²) < 4.78 is 5.37. The maximum atomic E-state index is 9.45. The number of rotatable bonds is 7. The maximum Gasteiger partial charge on any atom is 0.332 e. The molecule has 0 saturated carbocycles. The van der Waals surface area contributed by atoms with Crippen LogP contribution in [0.2, 0.25) is 0 Å². The summed E-state index contributed by atoms with van der Waals surface area (Å²) in [5.41, 5.74) is 0. The van der Waals surface area contributed by atoms with E-state index in [9.17, 15) is 4.79 Å². The van der Waals surface area contributed by atoms with E-state index in [1.807, 2.05) is 0 Å². The molecule has 17 heavy (non-hydrogen) atoms. The number of carboxylic acid groups (broad SMARTS) is 1. The minimum absolute atomic E-state index is 0.834. The molecule has 0 saturated heterocycles. The van der Waals surface area contributed by atoms with Crippen LogP contribution >= 0.6 is 0 Å². The number of ether oxygens (including phenoxy) is 1. The second-order valence-corrected chi connectivity index (χ2v) is 4.23. The molecule has 6 heteroatoms. The van der Waals surface area contributed by atoms with Gasteiger partial charge in [-0.05, 0) is 35.1 Å². The minimum atomic E-state index is -1.23. The van der Waals surface area contributed by atoms with E-state index in [-0.39, 0.29) is 0 Å². The summed E-state index contributed by atoms with van der Waals surface area (Å²) in [6, 6.07) is 0. The molecular weight excluding hydrogens is 224 g/mol. The lowest BCUT2D eigenvalue weighted by Crippen LogP contribution is -2.22. The van der Waals surface area contributed by atoms with Crippen LogP contribution in [0.15, 0.2) is 0 Å². The van der Waals surface area contributed by atoms with Crippen molar-refractivity contribution in [3.05, 3.63) is 0 Å². The third-order valence-electron chi connectivity index (χ3n) is 1.72. The normalized spacial score (nSPS) is 12.2. The van der Waals surface area contributed by atoms with Crippen LogP contribution in [0.3, 0.4) is 0 Å². The van der Waals surface area contributed by atoms with Gasteiger partial charge in [0.1, 0.15) is 6.10 Å². The van der Waals surface area contributed by atoms with E-state index in [2.05, 4.69) is 38.0 Å². The zero-order chi connectivity index (χ0) is 13.8. The fourth-order valence-corrected chi connectivity index (χ4v) is 0.596. The molecule has 0 spiro atoms. The van der Waals surface area contributed by atoms with E-state index in [4.69, 9.17) is 14.9 Å². The van der Waals surface area contributed by atoms with Crippen LogP contribution in [0, 0.1) is 0 Å². The average molecular weight is 250 g/mol. The number of likely N-dealkylation sites (N-methyl/N-ethyl adjacent to an activating group) is 2. The number of carboxylic acids is 1. The highest BCUT2D eigenvalue weighted by atomic mass is 16.5. The zero-order valence-corrected chi connectivity index (χ0v) is 11.5. The molecule has 1 unspecified atom stereocenters. The lowest BCUT2D eigenvalue weighted by Gasteiger charge is -2.12. The molecule has 0 aromatic carbocycles. The van der Waals surface area contributed by atoms with Crippen molar-refractivity contribution in [2.24, 2.45) is 0 Å². The molecule has 0 bridgehead atoms. The van der Waals surface area contributed by atoms with Crippen LogP contribution < -0.4 is 0 Å². The summed E-state index contributed by atoms with van der Waals surface area (Å²) in [5, 5.41) is 15.8. The van der Waals surface area contributed by atoms with Gasteiger partial charge in [-0.1, -0.05) is 0 Å². The first-order valence-corrected chi connectivity index (χ1v) is 5.55. The Morgan fingerprint density at radius 1 is 1.12 bits per heavy atom. The molecule has 0 aliphatic heterocycles. The first-order valence-electron chi connectivity index (χ1n) is 5.55. The van der Waals surface area contributed by atoms with Crippen LogP contribution in [-0.4, -0.2) is 86.6 Å². The molecule has 0 fully saturated rings.